The maximum absolute atomic E-state index is 12.0. The highest BCUT2D eigenvalue weighted by Gasteiger charge is 2.27. The highest BCUT2D eigenvalue weighted by molar-refractivity contribution is 5.94. The van der Waals surface area contributed by atoms with Crippen LogP contribution in [0, 0.1) is 6.92 Å². The fourth-order valence-electron chi connectivity index (χ4n) is 2.28. The van der Waals surface area contributed by atoms with E-state index in [4.69, 9.17) is 4.74 Å². The van der Waals surface area contributed by atoms with E-state index in [1.54, 1.807) is 19.2 Å². The minimum Gasteiger partial charge on any atom is -0.452 e. The molecule has 26 heavy (non-hydrogen) atoms. The van der Waals surface area contributed by atoms with E-state index in [0.29, 0.717) is 17.6 Å². The van der Waals surface area contributed by atoms with Crippen molar-refractivity contribution >= 4 is 22.9 Å². The van der Waals surface area contributed by atoms with E-state index in [1.165, 1.54) is 22.8 Å². The van der Waals surface area contributed by atoms with E-state index in [9.17, 15) is 27.6 Å². The van der Waals surface area contributed by atoms with Crippen molar-refractivity contribution in [3.63, 3.8) is 0 Å². The van der Waals surface area contributed by atoms with Crippen molar-refractivity contribution in [1.29, 1.82) is 0 Å². The number of ether oxygens (including phenoxy) is 1. The number of carbonyl (C=O) groups is 2. The first-order valence-electron chi connectivity index (χ1n) is 7.64. The van der Waals surface area contributed by atoms with Crippen LogP contribution in [0.15, 0.2) is 23.0 Å². The van der Waals surface area contributed by atoms with Gasteiger partial charge in [0, 0.05) is 6.54 Å². The summed E-state index contributed by atoms with van der Waals surface area (Å²) in [4.78, 5) is 39.4. The van der Waals surface area contributed by atoms with Crippen LogP contribution in [-0.4, -0.2) is 40.8 Å². The van der Waals surface area contributed by atoms with Crippen LogP contribution in [0.5, 0.6) is 0 Å². The summed E-state index contributed by atoms with van der Waals surface area (Å²) in [5.41, 5.74) is 1.00. The van der Waals surface area contributed by atoms with Crippen LogP contribution in [0.25, 0.3) is 11.0 Å². The molecule has 1 N–H and O–H groups in total. The molecule has 1 aromatic heterocycles. The number of fused-ring (bicyclic) bond motifs is 1. The van der Waals surface area contributed by atoms with E-state index in [-0.39, 0.29) is 16.8 Å². The molecule has 0 atom stereocenters. The average Bonchev–Trinajstić information content (AvgIpc) is 2.58. The molecule has 1 aromatic carbocycles. The van der Waals surface area contributed by atoms with Crippen molar-refractivity contribution in [3.8, 4) is 0 Å². The molecule has 140 valence electrons. The third kappa shape index (κ3) is 4.58. The zero-order chi connectivity index (χ0) is 19.5. The summed E-state index contributed by atoms with van der Waals surface area (Å²) < 4.78 is 42.2. The zero-order valence-electron chi connectivity index (χ0n) is 14.0. The summed E-state index contributed by atoms with van der Waals surface area (Å²) in [5.74, 6) is -1.95. The minimum absolute atomic E-state index is 0.0642. The maximum atomic E-state index is 12.0. The van der Waals surface area contributed by atoms with Gasteiger partial charge in [-0.15, -0.1) is 0 Å². The first kappa shape index (κ1) is 19.4. The number of hydrogen-bond donors (Lipinski definition) is 1. The minimum atomic E-state index is -4.55. The normalized spacial score (nSPS) is 11.4. The lowest BCUT2D eigenvalue weighted by atomic mass is 10.2. The molecule has 2 rings (SSSR count). The van der Waals surface area contributed by atoms with E-state index in [2.05, 4.69) is 4.98 Å². The molecule has 0 saturated heterocycles. The number of benzene rings is 1. The Morgan fingerprint density at radius 1 is 1.31 bits per heavy atom. The van der Waals surface area contributed by atoms with E-state index < -0.39 is 31.2 Å². The predicted molar refractivity (Wildman–Crippen MR) is 85.8 cm³/mol. The van der Waals surface area contributed by atoms with Crippen molar-refractivity contribution in [2.75, 3.05) is 13.2 Å². The topological polar surface area (TPSA) is 90.3 Å². The molecule has 1 amide bonds. The summed E-state index contributed by atoms with van der Waals surface area (Å²) in [7, 11) is 0. The zero-order valence-corrected chi connectivity index (χ0v) is 14.0. The largest absolute Gasteiger partial charge is 0.452 e. The van der Waals surface area contributed by atoms with Gasteiger partial charge < -0.3 is 14.6 Å². The lowest BCUT2D eigenvalue weighted by molar-refractivity contribution is -0.140. The monoisotopic (exact) mass is 371 g/mol. The van der Waals surface area contributed by atoms with Crippen molar-refractivity contribution < 1.29 is 27.5 Å². The first-order chi connectivity index (χ1) is 12.1. The predicted octanol–water partition coefficient (Wildman–Crippen LogP) is 1.56. The Labute approximate surface area is 145 Å². The van der Waals surface area contributed by atoms with Crippen LogP contribution in [0.2, 0.25) is 0 Å². The smallest absolute Gasteiger partial charge is 0.405 e. The number of amides is 1. The molecule has 0 spiro atoms. The number of rotatable bonds is 5. The van der Waals surface area contributed by atoms with E-state index in [0.717, 1.165) is 0 Å². The molecule has 0 saturated carbocycles. The van der Waals surface area contributed by atoms with Gasteiger partial charge in [0.05, 0.1) is 16.6 Å². The molecule has 0 unspecified atom stereocenters. The van der Waals surface area contributed by atoms with Gasteiger partial charge in [-0.2, -0.15) is 13.2 Å². The lowest BCUT2D eigenvalue weighted by Crippen LogP contribution is -2.36. The second-order valence-corrected chi connectivity index (χ2v) is 5.42. The molecule has 0 aliphatic rings. The fourth-order valence-corrected chi connectivity index (χ4v) is 2.28. The second-order valence-electron chi connectivity index (χ2n) is 5.42. The number of alkyl halides is 3. The summed E-state index contributed by atoms with van der Waals surface area (Å²) in [5, 5.41) is 1.60. The van der Waals surface area contributed by atoms with Gasteiger partial charge in [-0.1, -0.05) is 0 Å². The number of hydrogen-bond acceptors (Lipinski definition) is 5. The molecular formula is C16H16F3N3O4. The Balaban J connectivity index is 2.12. The van der Waals surface area contributed by atoms with Crippen LogP contribution >= 0.6 is 0 Å². The van der Waals surface area contributed by atoms with Crippen LogP contribution in [-0.2, 0) is 16.1 Å². The number of nitrogens with zero attached hydrogens (tertiary/aromatic N) is 2. The van der Waals surface area contributed by atoms with Crippen molar-refractivity contribution in [3.05, 3.63) is 39.8 Å². The van der Waals surface area contributed by atoms with Crippen LogP contribution in [0.3, 0.4) is 0 Å². The van der Waals surface area contributed by atoms with Gasteiger partial charge >= 0.3 is 12.1 Å². The van der Waals surface area contributed by atoms with Crippen molar-refractivity contribution in [1.82, 2.24) is 14.9 Å². The number of aromatic nitrogens is 2. The molecule has 1 heterocycles. The number of carbonyl (C=O) groups excluding carboxylic acids is 2. The van der Waals surface area contributed by atoms with Crippen molar-refractivity contribution in [2.45, 2.75) is 26.6 Å². The first-order valence-corrected chi connectivity index (χ1v) is 7.64. The Hall–Kier alpha value is -2.91. The molecule has 2 aromatic rings. The number of aryl methyl sites for hydroxylation is 2. The van der Waals surface area contributed by atoms with Gasteiger partial charge in [0.15, 0.2) is 6.61 Å². The number of esters is 1. The molecule has 0 aliphatic carbocycles. The highest BCUT2D eigenvalue weighted by atomic mass is 19.4. The van der Waals surface area contributed by atoms with Gasteiger partial charge in [0.1, 0.15) is 12.2 Å². The number of halogens is 3. The average molecular weight is 371 g/mol. The molecular weight excluding hydrogens is 355 g/mol. The molecule has 0 bridgehead atoms. The van der Waals surface area contributed by atoms with Gasteiger partial charge in [0.25, 0.3) is 11.5 Å². The highest BCUT2D eigenvalue weighted by Crippen LogP contribution is 2.15. The Bertz CT molecular complexity index is 906. The lowest BCUT2D eigenvalue weighted by Gasteiger charge is -2.11. The van der Waals surface area contributed by atoms with Crippen LogP contribution in [0.4, 0.5) is 13.2 Å². The molecule has 10 heteroatoms. The summed E-state index contributed by atoms with van der Waals surface area (Å²) >= 11 is 0. The van der Waals surface area contributed by atoms with Gasteiger partial charge in [-0.25, -0.2) is 9.78 Å². The van der Waals surface area contributed by atoms with E-state index >= 15 is 0 Å². The Morgan fingerprint density at radius 3 is 2.62 bits per heavy atom. The summed E-state index contributed by atoms with van der Waals surface area (Å²) in [6.45, 7) is 1.42. The third-order valence-electron chi connectivity index (χ3n) is 3.48. The quantitative estimate of drug-likeness (QED) is 0.806. The standard InChI is InChI=1S/C16H16F3N3O4/c1-3-22-12-5-4-10(6-11(12)21-9(2)14(22)24)15(25)26-7-13(23)20-8-16(17,18)19/h4-6H,3,7-8H2,1-2H3,(H,20,23). The van der Waals surface area contributed by atoms with E-state index in [1.807, 2.05) is 0 Å². The van der Waals surface area contributed by atoms with Gasteiger partial charge in [-0.3, -0.25) is 9.59 Å². The van der Waals surface area contributed by atoms with Crippen LogP contribution in [0.1, 0.15) is 23.0 Å². The molecule has 7 nitrogen and oxygen atoms in total. The second kappa shape index (κ2) is 7.54. The van der Waals surface area contributed by atoms with Crippen molar-refractivity contribution in [2.24, 2.45) is 0 Å². The Kier molecular flexibility index (Phi) is 5.63. The third-order valence-corrected chi connectivity index (χ3v) is 3.48. The summed E-state index contributed by atoms with van der Waals surface area (Å²) in [6, 6.07) is 4.30. The SMILES string of the molecule is CCn1c(=O)c(C)nc2cc(C(=O)OCC(=O)NCC(F)(F)F)ccc21. The Morgan fingerprint density at radius 2 is 2.00 bits per heavy atom. The fraction of sp³-hybridized carbons (Fsp3) is 0.375. The summed E-state index contributed by atoms with van der Waals surface area (Å²) in [6.07, 6.45) is -4.55. The van der Waals surface area contributed by atoms with Gasteiger partial charge in [0.2, 0.25) is 0 Å². The number of nitrogens with one attached hydrogen (secondary N) is 1. The molecule has 0 aliphatic heterocycles. The van der Waals surface area contributed by atoms with Crippen LogP contribution < -0.4 is 10.9 Å². The maximum Gasteiger partial charge on any atom is 0.405 e. The molecule has 0 radical (unpaired) electrons. The molecule has 0 fully saturated rings. The van der Waals surface area contributed by atoms with Gasteiger partial charge in [-0.05, 0) is 32.0 Å².